The van der Waals surface area contributed by atoms with E-state index < -0.39 is 0 Å². The van der Waals surface area contributed by atoms with Gasteiger partial charge in [0.25, 0.3) is 0 Å². The van der Waals surface area contributed by atoms with Crippen molar-refractivity contribution in [2.75, 3.05) is 6.61 Å². The molecule has 0 amide bonds. The van der Waals surface area contributed by atoms with Crippen molar-refractivity contribution in [2.24, 2.45) is 0 Å². The zero-order valence-electron chi connectivity index (χ0n) is 14.7. The predicted molar refractivity (Wildman–Crippen MR) is 98.3 cm³/mol. The smallest absolute Gasteiger partial charge is 0.338 e. The van der Waals surface area contributed by atoms with Gasteiger partial charge in [0.15, 0.2) is 0 Å². The molecular formula is C20H31ClO2. The van der Waals surface area contributed by atoms with Crippen LogP contribution in [-0.4, -0.2) is 12.6 Å². The molecule has 0 N–H and O–H groups in total. The first-order chi connectivity index (χ1) is 11.1. The fraction of sp³-hybridized carbons (Fsp3) is 0.650. The number of halogens is 1. The molecule has 2 nitrogen and oxygen atoms in total. The molecule has 0 unspecified atom stereocenters. The number of esters is 1. The van der Waals surface area contributed by atoms with Gasteiger partial charge in [-0.3, -0.25) is 0 Å². The second-order valence-corrected chi connectivity index (χ2v) is 6.69. The predicted octanol–water partition coefficient (Wildman–Crippen LogP) is 6.73. The van der Waals surface area contributed by atoms with Crippen LogP contribution in [0.4, 0.5) is 0 Å². The lowest BCUT2D eigenvalue weighted by Gasteiger charge is -2.06. The highest BCUT2D eigenvalue weighted by Crippen LogP contribution is 2.17. The molecule has 3 heteroatoms. The number of carbonyl (C=O) groups excluding carboxylic acids is 1. The number of unbranched alkanes of at least 4 members (excludes halogenated alkanes) is 9. The van der Waals surface area contributed by atoms with E-state index in [9.17, 15) is 4.79 Å². The SMILES string of the molecule is CCCCCCCCCCCCOC(=O)c1ccc(C)c(Cl)c1. The van der Waals surface area contributed by atoms with E-state index in [1.165, 1.54) is 51.4 Å². The quantitative estimate of drug-likeness (QED) is 0.312. The molecule has 0 saturated heterocycles. The molecule has 0 atom stereocenters. The Balaban J connectivity index is 2.00. The van der Waals surface area contributed by atoms with Gasteiger partial charge in [0, 0.05) is 5.02 Å². The van der Waals surface area contributed by atoms with Crippen LogP contribution in [-0.2, 0) is 4.74 Å². The van der Waals surface area contributed by atoms with Crippen LogP contribution in [0.1, 0.15) is 87.1 Å². The van der Waals surface area contributed by atoms with Gasteiger partial charge in [-0.05, 0) is 31.0 Å². The van der Waals surface area contributed by atoms with E-state index in [-0.39, 0.29) is 5.97 Å². The minimum Gasteiger partial charge on any atom is -0.462 e. The molecular weight excluding hydrogens is 308 g/mol. The van der Waals surface area contributed by atoms with Crippen molar-refractivity contribution in [1.29, 1.82) is 0 Å². The molecule has 0 bridgehead atoms. The first-order valence-electron chi connectivity index (χ1n) is 9.08. The lowest BCUT2D eigenvalue weighted by molar-refractivity contribution is 0.0497. The van der Waals surface area contributed by atoms with Gasteiger partial charge in [0.1, 0.15) is 0 Å². The molecule has 1 aromatic rings. The maximum atomic E-state index is 11.9. The number of hydrogen-bond acceptors (Lipinski definition) is 2. The molecule has 0 aliphatic carbocycles. The summed E-state index contributed by atoms with van der Waals surface area (Å²) in [5, 5.41) is 0.610. The van der Waals surface area contributed by atoms with Crippen LogP contribution in [0.15, 0.2) is 18.2 Å². The Morgan fingerprint density at radius 3 is 2.09 bits per heavy atom. The highest BCUT2D eigenvalue weighted by Gasteiger charge is 2.08. The second-order valence-electron chi connectivity index (χ2n) is 6.28. The normalized spacial score (nSPS) is 10.7. The van der Waals surface area contributed by atoms with Crippen LogP contribution >= 0.6 is 11.6 Å². The van der Waals surface area contributed by atoms with Crippen molar-refractivity contribution < 1.29 is 9.53 Å². The van der Waals surface area contributed by atoms with Crippen LogP contribution in [0.3, 0.4) is 0 Å². The maximum Gasteiger partial charge on any atom is 0.338 e. The van der Waals surface area contributed by atoms with Crippen molar-refractivity contribution >= 4 is 17.6 Å². The van der Waals surface area contributed by atoms with Crippen LogP contribution in [0.5, 0.6) is 0 Å². The van der Waals surface area contributed by atoms with E-state index >= 15 is 0 Å². The van der Waals surface area contributed by atoms with Crippen LogP contribution in [0.2, 0.25) is 5.02 Å². The summed E-state index contributed by atoms with van der Waals surface area (Å²) in [5.41, 5.74) is 1.51. The first-order valence-corrected chi connectivity index (χ1v) is 9.46. The van der Waals surface area contributed by atoms with E-state index in [1.54, 1.807) is 12.1 Å². The Morgan fingerprint density at radius 1 is 0.957 bits per heavy atom. The summed E-state index contributed by atoms with van der Waals surface area (Å²) in [7, 11) is 0. The Hall–Kier alpha value is -1.02. The molecule has 0 fully saturated rings. The summed E-state index contributed by atoms with van der Waals surface area (Å²) in [6.07, 6.45) is 12.8. The van der Waals surface area contributed by atoms with Crippen LogP contribution < -0.4 is 0 Å². The Bertz CT molecular complexity index is 457. The Labute approximate surface area is 146 Å². The fourth-order valence-corrected chi connectivity index (χ4v) is 2.74. The number of hydrogen-bond donors (Lipinski definition) is 0. The van der Waals surface area contributed by atoms with E-state index in [1.807, 2.05) is 13.0 Å². The van der Waals surface area contributed by atoms with Crippen LogP contribution in [0, 0.1) is 6.92 Å². The van der Waals surface area contributed by atoms with Gasteiger partial charge in [-0.2, -0.15) is 0 Å². The van der Waals surface area contributed by atoms with Gasteiger partial charge in [0.2, 0.25) is 0 Å². The molecule has 0 aliphatic heterocycles. The summed E-state index contributed by atoms with van der Waals surface area (Å²) >= 11 is 6.02. The summed E-state index contributed by atoms with van der Waals surface area (Å²) < 4.78 is 5.30. The average Bonchev–Trinajstić information content (AvgIpc) is 2.55. The minimum atomic E-state index is -0.275. The summed E-state index contributed by atoms with van der Waals surface area (Å²) in [5.74, 6) is -0.275. The van der Waals surface area contributed by atoms with Gasteiger partial charge in [-0.1, -0.05) is 82.4 Å². The van der Waals surface area contributed by atoms with Crippen molar-refractivity contribution in [3.05, 3.63) is 34.3 Å². The minimum absolute atomic E-state index is 0.275. The molecule has 0 saturated carbocycles. The molecule has 0 radical (unpaired) electrons. The van der Waals surface area contributed by atoms with Gasteiger partial charge >= 0.3 is 5.97 Å². The number of benzene rings is 1. The summed E-state index contributed by atoms with van der Waals surface area (Å²) in [4.78, 5) is 11.9. The average molecular weight is 339 g/mol. The monoisotopic (exact) mass is 338 g/mol. The lowest BCUT2D eigenvalue weighted by atomic mass is 10.1. The molecule has 23 heavy (non-hydrogen) atoms. The second kappa shape index (κ2) is 12.4. The molecule has 0 spiro atoms. The zero-order chi connectivity index (χ0) is 16.9. The molecule has 0 heterocycles. The zero-order valence-corrected chi connectivity index (χ0v) is 15.5. The topological polar surface area (TPSA) is 26.3 Å². The highest BCUT2D eigenvalue weighted by molar-refractivity contribution is 6.31. The van der Waals surface area contributed by atoms with Gasteiger partial charge < -0.3 is 4.74 Å². The maximum absolute atomic E-state index is 11.9. The summed E-state index contributed by atoms with van der Waals surface area (Å²) in [6.45, 7) is 4.67. The molecule has 1 aromatic carbocycles. The van der Waals surface area contributed by atoms with Crippen LogP contribution in [0.25, 0.3) is 0 Å². The third kappa shape index (κ3) is 9.00. The van der Waals surface area contributed by atoms with E-state index in [4.69, 9.17) is 16.3 Å². The van der Waals surface area contributed by atoms with Crippen molar-refractivity contribution in [1.82, 2.24) is 0 Å². The molecule has 0 aliphatic rings. The van der Waals surface area contributed by atoms with Gasteiger partial charge in [-0.15, -0.1) is 0 Å². The number of aryl methyl sites for hydroxylation is 1. The standard InChI is InChI=1S/C20H31ClO2/c1-3-4-5-6-7-8-9-10-11-12-15-23-20(22)18-14-13-17(2)19(21)16-18/h13-14,16H,3-12,15H2,1-2H3. The third-order valence-corrected chi connectivity index (χ3v) is 4.55. The fourth-order valence-electron chi connectivity index (χ4n) is 2.56. The number of ether oxygens (including phenoxy) is 1. The van der Waals surface area contributed by atoms with E-state index in [0.717, 1.165) is 18.4 Å². The summed E-state index contributed by atoms with van der Waals surface area (Å²) in [6, 6.07) is 5.29. The van der Waals surface area contributed by atoms with Gasteiger partial charge in [0.05, 0.1) is 12.2 Å². The van der Waals surface area contributed by atoms with E-state index in [2.05, 4.69) is 6.92 Å². The Morgan fingerprint density at radius 2 is 1.52 bits per heavy atom. The van der Waals surface area contributed by atoms with E-state index in [0.29, 0.717) is 17.2 Å². The van der Waals surface area contributed by atoms with Crippen molar-refractivity contribution in [3.63, 3.8) is 0 Å². The first kappa shape index (κ1) is 20.0. The molecule has 130 valence electrons. The van der Waals surface area contributed by atoms with Crippen molar-refractivity contribution in [2.45, 2.75) is 78.1 Å². The molecule has 1 rings (SSSR count). The lowest BCUT2D eigenvalue weighted by Crippen LogP contribution is -2.06. The van der Waals surface area contributed by atoms with Gasteiger partial charge in [-0.25, -0.2) is 4.79 Å². The third-order valence-electron chi connectivity index (χ3n) is 4.14. The largest absolute Gasteiger partial charge is 0.462 e. The number of rotatable bonds is 12. The highest BCUT2D eigenvalue weighted by atomic mass is 35.5. The Kier molecular flexibility index (Phi) is 10.8. The van der Waals surface area contributed by atoms with Crippen molar-refractivity contribution in [3.8, 4) is 0 Å². The molecule has 0 aromatic heterocycles. The number of carbonyl (C=O) groups is 1.